The predicted molar refractivity (Wildman–Crippen MR) is 85.9 cm³/mol. The van der Waals surface area contributed by atoms with Crippen molar-refractivity contribution in [2.45, 2.75) is 56.9 Å². The smallest absolute Gasteiger partial charge is 0.240 e. The fourth-order valence-electron chi connectivity index (χ4n) is 2.21. The van der Waals surface area contributed by atoms with Gasteiger partial charge in [-0.2, -0.15) is 0 Å². The molecule has 0 bridgehead atoms. The van der Waals surface area contributed by atoms with Crippen molar-refractivity contribution in [3.05, 3.63) is 18.2 Å². The van der Waals surface area contributed by atoms with Gasteiger partial charge in [-0.3, -0.25) is 0 Å². The van der Waals surface area contributed by atoms with Gasteiger partial charge in [-0.25, -0.2) is 13.1 Å². The van der Waals surface area contributed by atoms with Crippen molar-refractivity contribution in [3.8, 4) is 5.75 Å². The molecule has 6 heteroatoms. The molecule has 5 nitrogen and oxygen atoms in total. The molecule has 1 atom stereocenters. The number of hydrogen-bond acceptors (Lipinski definition) is 4. The van der Waals surface area contributed by atoms with Gasteiger partial charge in [-0.15, -0.1) is 0 Å². The molecule has 0 amide bonds. The molecule has 120 valence electrons. The molecule has 0 aliphatic heterocycles. The van der Waals surface area contributed by atoms with Gasteiger partial charge in [0.15, 0.2) is 0 Å². The van der Waals surface area contributed by atoms with Gasteiger partial charge in [0.2, 0.25) is 10.0 Å². The highest BCUT2D eigenvalue weighted by Gasteiger charge is 2.20. The van der Waals surface area contributed by atoms with Crippen LogP contribution in [0.3, 0.4) is 0 Å². The largest absolute Gasteiger partial charge is 0.495 e. The molecule has 1 rings (SSSR count). The van der Waals surface area contributed by atoms with Crippen LogP contribution in [0.15, 0.2) is 23.1 Å². The number of benzene rings is 1. The Morgan fingerprint density at radius 1 is 1.24 bits per heavy atom. The minimum absolute atomic E-state index is 0.0245. The first kappa shape index (κ1) is 17.8. The average molecular weight is 314 g/mol. The number of ether oxygens (including phenoxy) is 1. The number of anilines is 1. The number of nitrogens with one attached hydrogen (secondary N) is 1. The van der Waals surface area contributed by atoms with Crippen molar-refractivity contribution >= 4 is 15.7 Å². The fourth-order valence-corrected chi connectivity index (χ4v) is 3.53. The van der Waals surface area contributed by atoms with E-state index < -0.39 is 10.0 Å². The lowest BCUT2D eigenvalue weighted by Crippen LogP contribution is -2.34. The lowest BCUT2D eigenvalue weighted by atomic mass is 10.1. The van der Waals surface area contributed by atoms with Crippen molar-refractivity contribution < 1.29 is 13.2 Å². The molecule has 0 aromatic heterocycles. The molecule has 0 spiro atoms. The normalized spacial score (nSPS) is 13.1. The number of unbranched alkanes of at least 4 members (excludes halogenated alkanes) is 1. The number of nitrogens with two attached hydrogens (primary N) is 1. The summed E-state index contributed by atoms with van der Waals surface area (Å²) in [7, 11) is -2.08. The fraction of sp³-hybridized carbons (Fsp3) is 0.600. The van der Waals surface area contributed by atoms with Crippen LogP contribution in [-0.4, -0.2) is 21.6 Å². The van der Waals surface area contributed by atoms with Crippen LogP contribution in [0.4, 0.5) is 5.69 Å². The van der Waals surface area contributed by atoms with E-state index in [0.29, 0.717) is 11.4 Å². The number of nitrogen functional groups attached to an aromatic ring is 1. The van der Waals surface area contributed by atoms with Crippen LogP contribution in [-0.2, 0) is 10.0 Å². The third kappa shape index (κ3) is 5.21. The number of rotatable bonds is 9. The Morgan fingerprint density at radius 3 is 2.52 bits per heavy atom. The van der Waals surface area contributed by atoms with Crippen LogP contribution in [0.25, 0.3) is 0 Å². The molecule has 1 aromatic rings. The molecule has 0 heterocycles. The highest BCUT2D eigenvalue weighted by molar-refractivity contribution is 7.89. The minimum atomic E-state index is -3.55. The van der Waals surface area contributed by atoms with Gasteiger partial charge in [0.25, 0.3) is 0 Å². The Labute approximate surface area is 127 Å². The number of sulfonamides is 1. The van der Waals surface area contributed by atoms with E-state index in [-0.39, 0.29) is 10.9 Å². The van der Waals surface area contributed by atoms with Gasteiger partial charge >= 0.3 is 0 Å². The van der Waals surface area contributed by atoms with E-state index in [4.69, 9.17) is 10.5 Å². The quantitative estimate of drug-likeness (QED) is 0.687. The molecule has 3 N–H and O–H groups in total. The standard InChI is InChI=1S/C15H26N2O3S/c1-4-6-8-12(7-5-2)17-21(18,19)13-9-10-14(16)15(11-13)20-3/h9-12,17H,4-8,16H2,1-3H3. The molecule has 0 saturated carbocycles. The minimum Gasteiger partial charge on any atom is -0.495 e. The Morgan fingerprint density at radius 2 is 1.95 bits per heavy atom. The Hall–Kier alpha value is -1.27. The number of methoxy groups -OCH3 is 1. The van der Waals surface area contributed by atoms with E-state index in [1.165, 1.54) is 19.2 Å². The van der Waals surface area contributed by atoms with Crippen LogP contribution in [0.5, 0.6) is 5.75 Å². The first-order valence-corrected chi connectivity index (χ1v) is 8.88. The topological polar surface area (TPSA) is 81.4 Å². The molecule has 1 aromatic carbocycles. The van der Waals surface area contributed by atoms with E-state index in [1.54, 1.807) is 6.07 Å². The monoisotopic (exact) mass is 314 g/mol. The Balaban J connectivity index is 2.93. The highest BCUT2D eigenvalue weighted by Crippen LogP contribution is 2.25. The van der Waals surface area contributed by atoms with Gasteiger partial charge in [0, 0.05) is 12.1 Å². The van der Waals surface area contributed by atoms with Crippen molar-refractivity contribution in [1.82, 2.24) is 4.72 Å². The summed E-state index contributed by atoms with van der Waals surface area (Å²) in [6, 6.07) is 4.49. The predicted octanol–water partition coefficient (Wildman–Crippen LogP) is 2.91. The van der Waals surface area contributed by atoms with Crippen LogP contribution < -0.4 is 15.2 Å². The molecule has 0 saturated heterocycles. The molecule has 0 radical (unpaired) electrons. The summed E-state index contributed by atoms with van der Waals surface area (Å²) in [5.41, 5.74) is 6.14. The van der Waals surface area contributed by atoms with Gasteiger partial charge < -0.3 is 10.5 Å². The third-order valence-corrected chi connectivity index (χ3v) is 4.90. The third-order valence-electron chi connectivity index (χ3n) is 3.38. The second kappa shape index (κ2) is 8.24. The van der Waals surface area contributed by atoms with Gasteiger partial charge in [-0.1, -0.05) is 33.1 Å². The van der Waals surface area contributed by atoms with E-state index in [9.17, 15) is 8.42 Å². The van der Waals surface area contributed by atoms with Gasteiger partial charge in [0.05, 0.1) is 17.7 Å². The molecule has 1 unspecified atom stereocenters. The molecular formula is C15H26N2O3S. The number of hydrogen-bond donors (Lipinski definition) is 2. The zero-order valence-corrected chi connectivity index (χ0v) is 13.9. The Kier molecular flexibility index (Phi) is 6.98. The molecule has 21 heavy (non-hydrogen) atoms. The zero-order valence-electron chi connectivity index (χ0n) is 13.1. The summed E-state index contributed by atoms with van der Waals surface area (Å²) in [6.07, 6.45) is 4.71. The summed E-state index contributed by atoms with van der Waals surface area (Å²) in [6.45, 7) is 4.15. The maximum atomic E-state index is 12.5. The van der Waals surface area contributed by atoms with Crippen LogP contribution in [0.2, 0.25) is 0 Å². The maximum absolute atomic E-state index is 12.5. The second-order valence-corrected chi connectivity index (χ2v) is 6.87. The van der Waals surface area contributed by atoms with Crippen LogP contribution in [0, 0.1) is 0 Å². The SMILES string of the molecule is CCCCC(CCC)NS(=O)(=O)c1ccc(N)c(OC)c1. The molecule has 0 aliphatic rings. The average Bonchev–Trinajstić information content (AvgIpc) is 2.45. The Bertz CT molecular complexity index is 544. The molecule has 0 aliphatic carbocycles. The van der Waals surface area contributed by atoms with E-state index >= 15 is 0 Å². The van der Waals surface area contributed by atoms with E-state index in [0.717, 1.165) is 32.1 Å². The zero-order chi connectivity index (χ0) is 15.9. The van der Waals surface area contributed by atoms with Crippen molar-refractivity contribution in [2.24, 2.45) is 0 Å². The molecule has 0 fully saturated rings. The van der Waals surface area contributed by atoms with Crippen LogP contribution >= 0.6 is 0 Å². The first-order chi connectivity index (χ1) is 9.94. The summed E-state index contributed by atoms with van der Waals surface area (Å²) < 4.78 is 32.8. The lowest BCUT2D eigenvalue weighted by Gasteiger charge is -2.18. The summed E-state index contributed by atoms with van der Waals surface area (Å²) in [4.78, 5) is 0.186. The van der Waals surface area contributed by atoms with Crippen molar-refractivity contribution in [1.29, 1.82) is 0 Å². The summed E-state index contributed by atoms with van der Waals surface area (Å²) in [5, 5.41) is 0. The molecular weight excluding hydrogens is 288 g/mol. The summed E-state index contributed by atoms with van der Waals surface area (Å²) >= 11 is 0. The highest BCUT2D eigenvalue weighted by atomic mass is 32.2. The summed E-state index contributed by atoms with van der Waals surface area (Å²) in [5.74, 6) is 0.374. The second-order valence-electron chi connectivity index (χ2n) is 5.15. The van der Waals surface area contributed by atoms with E-state index in [2.05, 4.69) is 18.6 Å². The van der Waals surface area contributed by atoms with Crippen molar-refractivity contribution in [3.63, 3.8) is 0 Å². The first-order valence-electron chi connectivity index (χ1n) is 7.40. The van der Waals surface area contributed by atoms with Gasteiger partial charge in [0.1, 0.15) is 5.75 Å². The van der Waals surface area contributed by atoms with Crippen molar-refractivity contribution in [2.75, 3.05) is 12.8 Å². The van der Waals surface area contributed by atoms with Crippen LogP contribution in [0.1, 0.15) is 46.0 Å². The maximum Gasteiger partial charge on any atom is 0.240 e. The van der Waals surface area contributed by atoms with Gasteiger partial charge in [-0.05, 0) is 25.0 Å². The lowest BCUT2D eigenvalue weighted by molar-refractivity contribution is 0.415. The van der Waals surface area contributed by atoms with E-state index in [1.807, 2.05) is 0 Å².